The quantitative estimate of drug-likeness (QED) is 0.0913. The van der Waals surface area contributed by atoms with Gasteiger partial charge in [0.1, 0.15) is 17.0 Å². The van der Waals surface area contributed by atoms with Crippen molar-refractivity contribution in [3.8, 4) is 5.88 Å². The Bertz CT molecular complexity index is 2930. The van der Waals surface area contributed by atoms with Gasteiger partial charge < -0.3 is 43.8 Å². The molecule has 0 unspecified atom stereocenters. The van der Waals surface area contributed by atoms with E-state index in [1.165, 1.54) is 23.3 Å². The maximum absolute atomic E-state index is 14.6. The van der Waals surface area contributed by atoms with Crippen molar-refractivity contribution in [2.75, 3.05) is 101 Å². The Morgan fingerprint density at radius 3 is 2.59 bits per heavy atom. The number of H-pyrrole nitrogens is 1. The third kappa shape index (κ3) is 10.9. The number of ether oxygens (including phenoxy) is 5. The zero-order chi connectivity index (χ0) is 49.3. The minimum atomic E-state index is -4.63. The van der Waals surface area contributed by atoms with E-state index >= 15 is 0 Å². The van der Waals surface area contributed by atoms with Gasteiger partial charge in [0.05, 0.1) is 72.4 Å². The summed E-state index contributed by atoms with van der Waals surface area (Å²) in [5.74, 6) is -0.540. The Kier molecular flexibility index (Phi) is 14.3. The molecule has 3 aromatic carbocycles. The number of nitrogens with one attached hydrogen (secondary N) is 3. The lowest BCUT2D eigenvalue weighted by Crippen LogP contribution is -2.56. The lowest BCUT2D eigenvalue weighted by atomic mass is 9.71. The van der Waals surface area contributed by atoms with Gasteiger partial charge in [0.25, 0.3) is 21.6 Å². The second-order valence-electron chi connectivity index (χ2n) is 19.5. The van der Waals surface area contributed by atoms with E-state index in [0.29, 0.717) is 100 Å². The van der Waals surface area contributed by atoms with Crippen LogP contribution >= 0.6 is 11.6 Å². The van der Waals surface area contributed by atoms with Gasteiger partial charge in [-0.05, 0) is 102 Å². The Morgan fingerprint density at radius 2 is 1.77 bits per heavy atom. The average molecular weight is 1010 g/mol. The van der Waals surface area contributed by atoms with Gasteiger partial charge in [-0.2, -0.15) is 4.98 Å². The van der Waals surface area contributed by atoms with Crippen LogP contribution < -0.4 is 24.6 Å². The number of aromatic amines is 1. The number of halogens is 1. The number of hydrogen-bond donors (Lipinski definition) is 3. The van der Waals surface area contributed by atoms with E-state index in [-0.39, 0.29) is 41.5 Å². The van der Waals surface area contributed by atoms with Crippen molar-refractivity contribution in [3.05, 3.63) is 111 Å². The van der Waals surface area contributed by atoms with E-state index in [9.17, 15) is 23.3 Å². The Hall–Kier alpha value is -5.80. The zero-order valence-electron chi connectivity index (χ0n) is 39.9. The van der Waals surface area contributed by atoms with E-state index in [0.717, 1.165) is 55.1 Å². The van der Waals surface area contributed by atoms with Crippen molar-refractivity contribution in [1.29, 1.82) is 0 Å². The number of fused-ring (bicyclic) bond motifs is 4. The smallest absolute Gasteiger partial charge is 0.293 e. The summed E-state index contributed by atoms with van der Waals surface area (Å²) in [4.78, 5) is 40.4. The van der Waals surface area contributed by atoms with Gasteiger partial charge >= 0.3 is 0 Å². The molecule has 4 aliphatic heterocycles. The van der Waals surface area contributed by atoms with Crippen molar-refractivity contribution in [1.82, 2.24) is 19.6 Å². The first kappa shape index (κ1) is 48.8. The molecule has 18 nitrogen and oxygen atoms in total. The first-order valence-corrected chi connectivity index (χ1v) is 26.1. The van der Waals surface area contributed by atoms with Crippen molar-refractivity contribution >= 4 is 72.6 Å². The third-order valence-corrected chi connectivity index (χ3v) is 15.5. The maximum Gasteiger partial charge on any atom is 0.293 e. The van der Waals surface area contributed by atoms with Crippen LogP contribution in [0.15, 0.2) is 89.5 Å². The van der Waals surface area contributed by atoms with Crippen molar-refractivity contribution in [2.24, 2.45) is 5.41 Å². The van der Waals surface area contributed by atoms with Crippen LogP contribution in [-0.2, 0) is 29.0 Å². The minimum absolute atomic E-state index is 0.00612. The van der Waals surface area contributed by atoms with Crippen molar-refractivity contribution in [2.45, 2.75) is 62.7 Å². The fourth-order valence-electron chi connectivity index (χ4n) is 10.3. The summed E-state index contributed by atoms with van der Waals surface area (Å²) in [5.41, 5.74) is 6.05. The van der Waals surface area contributed by atoms with Gasteiger partial charge in [-0.3, -0.25) is 19.8 Å². The van der Waals surface area contributed by atoms with Gasteiger partial charge in [-0.1, -0.05) is 37.6 Å². The van der Waals surface area contributed by atoms with Crippen LogP contribution in [0.2, 0.25) is 5.02 Å². The standard InChI is InChI=1S/C51H59ClN8O10S/c1-51(2)26-41(33-5-7-35(52)8-6-33)42-30-58-17-16-57(29-37(58)31-66-18-4-20-69-47(42)27-51)36-9-11-40(44(24-36)59-15-3-19-70-50-46(59)23-34-13-14-53-48(34)55-50)49(61)56-71(64,65)39-10-12-43(45(25-39)60(62)63)54-28-38-32-67-21-22-68-38/h5-14,23-25,37-38,47,54H,3-4,15-22,26-32H2,1-2H3,(H,53,55)(H,56,61)/t37-,38-,47+/m0/s1. The number of amides is 1. The lowest BCUT2D eigenvalue weighted by molar-refractivity contribution is -0.384. The second-order valence-corrected chi connectivity index (χ2v) is 21.6. The van der Waals surface area contributed by atoms with Gasteiger partial charge in [0.2, 0.25) is 5.88 Å². The highest BCUT2D eigenvalue weighted by Crippen LogP contribution is 2.46. The molecule has 3 fully saturated rings. The highest BCUT2D eigenvalue weighted by molar-refractivity contribution is 7.90. The third-order valence-electron chi connectivity index (χ3n) is 13.9. The van der Waals surface area contributed by atoms with Gasteiger partial charge in [0.15, 0.2) is 0 Å². The predicted molar refractivity (Wildman–Crippen MR) is 271 cm³/mol. The molecule has 5 aromatic rings. The number of allylic oxidation sites excluding steroid dienone is 1. The number of nitro benzene ring substituents is 1. The molecule has 5 aliphatic rings. The zero-order valence-corrected chi connectivity index (χ0v) is 41.4. The number of sulfonamides is 1. The molecule has 6 heterocycles. The fraction of sp³-hybridized carbons (Fsp3) is 0.451. The molecule has 0 saturated carbocycles. The van der Waals surface area contributed by atoms with Crippen molar-refractivity contribution in [3.63, 3.8) is 0 Å². The van der Waals surface area contributed by atoms with E-state index in [4.69, 9.17) is 40.3 Å². The molecule has 0 spiro atoms. The van der Waals surface area contributed by atoms with Crippen LogP contribution in [0.5, 0.6) is 5.88 Å². The molecule has 2 aromatic heterocycles. The number of pyridine rings is 1. The van der Waals surface area contributed by atoms with Crippen LogP contribution in [0.1, 0.15) is 55.5 Å². The Labute approximate surface area is 417 Å². The average Bonchev–Trinajstić information content (AvgIpc) is 3.71. The number of carbonyl (C=O) groups is 1. The summed E-state index contributed by atoms with van der Waals surface area (Å²) in [6.07, 6.45) is 4.60. The van der Waals surface area contributed by atoms with E-state index in [1.807, 2.05) is 41.3 Å². The molecule has 10 rings (SSSR count). The molecule has 20 heteroatoms. The summed E-state index contributed by atoms with van der Waals surface area (Å²) in [6.45, 7) is 11.2. The fourth-order valence-corrected chi connectivity index (χ4v) is 11.5. The molecule has 3 saturated heterocycles. The van der Waals surface area contributed by atoms with E-state index in [2.05, 4.69) is 50.8 Å². The number of piperazine rings is 1. The monoisotopic (exact) mass is 1010 g/mol. The molecule has 1 aliphatic carbocycles. The maximum atomic E-state index is 14.6. The van der Waals surface area contributed by atoms with Crippen LogP contribution in [0, 0.1) is 15.5 Å². The molecule has 0 radical (unpaired) electrons. The Balaban J connectivity index is 0.968. The number of rotatable bonds is 10. The molecular formula is C51H59ClN8O10S. The second kappa shape index (κ2) is 20.7. The number of nitrogens with zero attached hydrogens (tertiary/aromatic N) is 5. The summed E-state index contributed by atoms with van der Waals surface area (Å²) in [5, 5.41) is 16.8. The Morgan fingerprint density at radius 1 is 0.930 bits per heavy atom. The summed E-state index contributed by atoms with van der Waals surface area (Å²) < 4.78 is 60.7. The highest BCUT2D eigenvalue weighted by Gasteiger charge is 2.39. The molecule has 0 bridgehead atoms. The predicted octanol–water partition coefficient (Wildman–Crippen LogP) is 7.56. The molecule has 3 atom stereocenters. The number of benzene rings is 3. The summed E-state index contributed by atoms with van der Waals surface area (Å²) >= 11 is 6.37. The molecule has 71 heavy (non-hydrogen) atoms. The number of aromatic nitrogens is 2. The van der Waals surface area contributed by atoms with Crippen LogP contribution in [0.25, 0.3) is 16.6 Å². The van der Waals surface area contributed by atoms with Crippen LogP contribution in [-0.4, -0.2) is 138 Å². The number of hydrogen-bond acceptors (Lipinski definition) is 15. The number of carbonyl (C=O) groups excluding carboxylic acids is 1. The SMILES string of the molecule is CC1(C)CC(c2ccc(Cl)cc2)=C2CN3CCN(c4ccc(C(=O)NS(=O)(=O)c5ccc(NC[C@H]6COCCO6)c([N+](=O)[O-])c5)c(N5CCCOc6nc7[nH]ccc7cc65)c4)C[C@H]3COCCCO[C@@H]2C1. The van der Waals surface area contributed by atoms with E-state index < -0.39 is 31.4 Å². The van der Waals surface area contributed by atoms with E-state index in [1.54, 1.807) is 12.3 Å². The van der Waals surface area contributed by atoms with Gasteiger partial charge in [-0.25, -0.2) is 13.1 Å². The van der Waals surface area contributed by atoms with Crippen molar-refractivity contribution < 1.29 is 41.8 Å². The van der Waals surface area contributed by atoms with Gasteiger partial charge in [0, 0.05) is 80.8 Å². The summed E-state index contributed by atoms with van der Waals surface area (Å²) in [6, 6.07) is 20.9. The van der Waals surface area contributed by atoms with Crippen LogP contribution in [0.4, 0.5) is 28.4 Å². The summed E-state index contributed by atoms with van der Waals surface area (Å²) in [7, 11) is -4.63. The normalized spacial score (nSPS) is 22.3. The molecule has 1 amide bonds. The van der Waals surface area contributed by atoms with Crippen LogP contribution in [0.3, 0.4) is 0 Å². The minimum Gasteiger partial charge on any atom is -0.476 e. The first-order chi connectivity index (χ1) is 34.3. The highest BCUT2D eigenvalue weighted by atomic mass is 35.5. The lowest BCUT2D eigenvalue weighted by Gasteiger charge is -2.45. The molecule has 3 N–H and O–H groups in total. The van der Waals surface area contributed by atoms with Gasteiger partial charge in [-0.15, -0.1) is 0 Å². The largest absolute Gasteiger partial charge is 0.476 e. The topological polar surface area (TPSA) is 203 Å². The number of anilines is 4. The number of nitro groups is 1. The first-order valence-electron chi connectivity index (χ1n) is 24.3. The molecular weight excluding hydrogens is 952 g/mol. The molecule has 376 valence electrons.